The summed E-state index contributed by atoms with van der Waals surface area (Å²) < 4.78 is 0. The first-order valence-electron chi connectivity index (χ1n) is 10.4. The second-order valence-corrected chi connectivity index (χ2v) is 9.48. The number of nitrogens with zero attached hydrogens (tertiary/aromatic N) is 5. The second-order valence-electron chi connectivity index (χ2n) is 7.65. The normalized spacial score (nSPS) is 15.9. The Labute approximate surface area is 202 Å². The second kappa shape index (κ2) is 10.9. The van der Waals surface area contributed by atoms with Crippen LogP contribution in [0.4, 0.5) is 11.8 Å². The summed E-state index contributed by atoms with van der Waals surface area (Å²) >= 11 is 12.8. The van der Waals surface area contributed by atoms with Crippen LogP contribution in [-0.4, -0.2) is 38.1 Å². The van der Waals surface area contributed by atoms with Crippen LogP contribution in [0.5, 0.6) is 0 Å². The summed E-state index contributed by atoms with van der Waals surface area (Å²) in [5.74, 6) is 1.96. The van der Waals surface area contributed by atoms with Gasteiger partial charge in [-0.1, -0.05) is 30.7 Å². The minimum absolute atomic E-state index is 0.452. The molecule has 0 spiro atoms. The van der Waals surface area contributed by atoms with Gasteiger partial charge in [0.05, 0.1) is 0 Å². The molecule has 3 aromatic rings. The van der Waals surface area contributed by atoms with Gasteiger partial charge in [-0.3, -0.25) is 0 Å². The molecule has 1 fully saturated rings. The highest BCUT2D eigenvalue weighted by molar-refractivity contribution is 7.99. The summed E-state index contributed by atoms with van der Waals surface area (Å²) in [5, 5.41) is 8.89. The van der Waals surface area contributed by atoms with E-state index in [1.165, 1.54) is 18.2 Å². The maximum absolute atomic E-state index is 5.95. The zero-order valence-corrected chi connectivity index (χ0v) is 20.1. The van der Waals surface area contributed by atoms with Gasteiger partial charge >= 0.3 is 0 Å². The average molecular weight is 486 g/mol. The molecule has 4 rings (SSSR count). The van der Waals surface area contributed by atoms with Crippen molar-refractivity contribution in [2.24, 2.45) is 5.92 Å². The van der Waals surface area contributed by atoms with E-state index in [-0.39, 0.29) is 0 Å². The summed E-state index contributed by atoms with van der Waals surface area (Å²) in [6.45, 7) is 4.80. The number of halogens is 1. The number of aromatic nitrogens is 4. The molecule has 1 saturated heterocycles. The monoisotopic (exact) mass is 485 g/mol. The highest BCUT2D eigenvalue weighted by Crippen LogP contribution is 2.29. The van der Waals surface area contributed by atoms with E-state index in [1.54, 1.807) is 18.5 Å². The van der Waals surface area contributed by atoms with Crippen LogP contribution in [0.2, 0.25) is 5.02 Å². The van der Waals surface area contributed by atoms with Gasteiger partial charge in [0.25, 0.3) is 0 Å². The molecule has 0 radical (unpaired) electrons. The molecule has 7 nitrogen and oxygen atoms in total. The van der Waals surface area contributed by atoms with Gasteiger partial charge in [0.1, 0.15) is 10.8 Å². The van der Waals surface area contributed by atoms with Gasteiger partial charge in [-0.25, -0.2) is 15.0 Å². The molecule has 0 amide bonds. The van der Waals surface area contributed by atoms with E-state index >= 15 is 0 Å². The molecule has 1 aliphatic rings. The van der Waals surface area contributed by atoms with Crippen molar-refractivity contribution >= 4 is 52.5 Å². The smallest absolute Gasteiger partial charge is 0.232 e. The van der Waals surface area contributed by atoms with Crippen molar-refractivity contribution in [3.63, 3.8) is 0 Å². The summed E-state index contributed by atoms with van der Waals surface area (Å²) in [5.41, 5.74) is 1.08. The molecule has 0 saturated carbocycles. The number of hydrogen-bond donors (Lipinski definition) is 2. The number of rotatable bonds is 6. The fourth-order valence-corrected chi connectivity index (χ4v) is 4.44. The average Bonchev–Trinajstić information content (AvgIpc) is 2.79. The molecule has 3 heterocycles. The highest BCUT2D eigenvalue weighted by atomic mass is 35.5. The third-order valence-corrected chi connectivity index (χ3v) is 6.31. The highest BCUT2D eigenvalue weighted by Gasteiger charge is 2.20. The van der Waals surface area contributed by atoms with Crippen molar-refractivity contribution in [2.75, 3.05) is 23.3 Å². The lowest BCUT2D eigenvalue weighted by molar-refractivity contribution is 0.444. The minimum atomic E-state index is 0.452. The van der Waals surface area contributed by atoms with Crippen LogP contribution in [0, 0.1) is 5.92 Å². The fraction of sp³-hybridized carbons (Fsp3) is 0.318. The molecule has 0 unspecified atom stereocenters. The van der Waals surface area contributed by atoms with Crippen molar-refractivity contribution in [2.45, 2.75) is 36.5 Å². The molecule has 2 aromatic heterocycles. The standard InChI is InChI=1S/C22H24ClN7S2/c1-15-4-2-11-30(14-15)18-12-19(32-22-24-9-3-10-25-22)28-20(27-18)29-21(31)26-13-16-5-7-17(23)8-6-16/h3,5-10,12,15H,2,4,11,13-14H2,1H3,(H2,26,27,28,29,31)/t15-/m0/s1. The maximum Gasteiger partial charge on any atom is 0.232 e. The van der Waals surface area contributed by atoms with Crippen LogP contribution >= 0.6 is 35.6 Å². The van der Waals surface area contributed by atoms with Gasteiger partial charge in [-0.2, -0.15) is 4.98 Å². The lowest BCUT2D eigenvalue weighted by Crippen LogP contribution is -2.35. The molecule has 1 atom stereocenters. The molecule has 10 heteroatoms. The van der Waals surface area contributed by atoms with Gasteiger partial charge in [0.2, 0.25) is 5.95 Å². The lowest BCUT2D eigenvalue weighted by atomic mass is 10.0. The number of hydrogen-bond acceptors (Lipinski definition) is 7. The van der Waals surface area contributed by atoms with Crippen molar-refractivity contribution in [1.29, 1.82) is 0 Å². The molecular weight excluding hydrogens is 462 g/mol. The summed E-state index contributed by atoms with van der Waals surface area (Å²) in [7, 11) is 0. The topological polar surface area (TPSA) is 78.9 Å². The summed E-state index contributed by atoms with van der Waals surface area (Å²) in [4.78, 5) is 20.3. The van der Waals surface area contributed by atoms with E-state index in [9.17, 15) is 0 Å². The zero-order chi connectivity index (χ0) is 22.3. The van der Waals surface area contributed by atoms with Crippen LogP contribution < -0.4 is 15.5 Å². The Hall–Kier alpha value is -2.49. The van der Waals surface area contributed by atoms with Crippen LogP contribution in [0.15, 0.2) is 59.0 Å². The molecule has 1 aliphatic heterocycles. The number of nitrogens with one attached hydrogen (secondary N) is 2. The first kappa shape index (κ1) is 22.7. The van der Waals surface area contributed by atoms with E-state index in [0.29, 0.717) is 33.7 Å². The van der Waals surface area contributed by atoms with E-state index in [1.807, 2.05) is 30.3 Å². The van der Waals surface area contributed by atoms with E-state index < -0.39 is 0 Å². The van der Waals surface area contributed by atoms with E-state index in [4.69, 9.17) is 28.8 Å². The largest absolute Gasteiger partial charge is 0.358 e. The summed E-state index contributed by atoms with van der Waals surface area (Å²) in [6.07, 6.45) is 5.83. The van der Waals surface area contributed by atoms with Gasteiger partial charge in [-0.15, -0.1) is 0 Å². The van der Waals surface area contributed by atoms with E-state index in [0.717, 1.165) is 35.9 Å². The lowest BCUT2D eigenvalue weighted by Gasteiger charge is -2.32. The molecule has 2 N–H and O–H groups in total. The molecule has 166 valence electrons. The van der Waals surface area contributed by atoms with Crippen LogP contribution in [-0.2, 0) is 6.54 Å². The summed E-state index contributed by atoms with van der Waals surface area (Å²) in [6, 6.07) is 11.4. The number of anilines is 2. The van der Waals surface area contributed by atoms with Crippen molar-refractivity contribution in [1.82, 2.24) is 25.3 Å². The Balaban J connectivity index is 1.50. The van der Waals surface area contributed by atoms with Crippen molar-refractivity contribution in [3.8, 4) is 0 Å². The molecule has 0 aliphatic carbocycles. The predicted molar refractivity (Wildman–Crippen MR) is 133 cm³/mol. The Bertz CT molecular complexity index is 1050. The molecule has 0 bridgehead atoms. The van der Waals surface area contributed by atoms with Gasteiger partial charge < -0.3 is 15.5 Å². The minimum Gasteiger partial charge on any atom is -0.358 e. The Morgan fingerprint density at radius 1 is 1.22 bits per heavy atom. The fourth-order valence-electron chi connectivity index (χ4n) is 3.44. The third-order valence-electron chi connectivity index (χ3n) is 5.00. The first-order chi connectivity index (χ1) is 15.5. The SMILES string of the molecule is C[C@H]1CCCN(c2cc(Sc3ncccn3)nc(NC(=S)NCc3ccc(Cl)cc3)n2)C1. The Morgan fingerprint density at radius 2 is 2.00 bits per heavy atom. The van der Waals surface area contributed by atoms with Crippen molar-refractivity contribution < 1.29 is 0 Å². The van der Waals surface area contributed by atoms with Crippen LogP contribution in [0.1, 0.15) is 25.3 Å². The number of benzene rings is 1. The third kappa shape index (κ3) is 6.51. The quantitative estimate of drug-likeness (QED) is 0.291. The Kier molecular flexibility index (Phi) is 7.72. The molecular formula is C22H24ClN7S2. The van der Waals surface area contributed by atoms with E-state index in [2.05, 4.69) is 37.4 Å². The van der Waals surface area contributed by atoms with Crippen LogP contribution in [0.25, 0.3) is 0 Å². The van der Waals surface area contributed by atoms with Crippen LogP contribution in [0.3, 0.4) is 0 Å². The van der Waals surface area contributed by atoms with Gasteiger partial charge in [0, 0.05) is 43.1 Å². The predicted octanol–water partition coefficient (Wildman–Crippen LogP) is 4.79. The molecule has 1 aromatic carbocycles. The van der Waals surface area contributed by atoms with Crippen molar-refractivity contribution in [3.05, 3.63) is 59.4 Å². The number of thiocarbonyl (C=S) groups is 1. The Morgan fingerprint density at radius 3 is 2.75 bits per heavy atom. The number of piperidine rings is 1. The zero-order valence-electron chi connectivity index (χ0n) is 17.7. The molecule has 32 heavy (non-hydrogen) atoms. The first-order valence-corrected chi connectivity index (χ1v) is 12.0. The maximum atomic E-state index is 5.95. The van der Waals surface area contributed by atoms with Gasteiger partial charge in [0.15, 0.2) is 10.3 Å². The van der Waals surface area contributed by atoms with Gasteiger partial charge in [-0.05, 0) is 66.5 Å².